The summed E-state index contributed by atoms with van der Waals surface area (Å²) in [7, 11) is 0. The number of amides is 1. The second-order valence-electron chi connectivity index (χ2n) is 6.45. The van der Waals surface area contributed by atoms with Crippen LogP contribution in [0.1, 0.15) is 36.2 Å². The van der Waals surface area contributed by atoms with Gasteiger partial charge in [-0.2, -0.15) is 0 Å². The zero-order chi connectivity index (χ0) is 19.5. The number of ether oxygens (including phenoxy) is 3. The lowest BCUT2D eigenvalue weighted by molar-refractivity contribution is 0.0716. The first kappa shape index (κ1) is 17.8. The van der Waals surface area contributed by atoms with Crippen molar-refractivity contribution in [2.45, 2.75) is 26.1 Å². The summed E-state index contributed by atoms with van der Waals surface area (Å²) >= 11 is 0. The Morgan fingerprint density at radius 2 is 1.86 bits per heavy atom. The molecule has 0 spiro atoms. The number of fused-ring (bicyclic) bond motifs is 1. The number of nitrogens with one attached hydrogen (secondary N) is 1. The average Bonchev–Trinajstić information content (AvgIpc) is 3.16. The van der Waals surface area contributed by atoms with Crippen molar-refractivity contribution in [3.8, 4) is 17.2 Å². The molecule has 1 aliphatic heterocycles. The smallest absolute Gasteiger partial charge is 0.322 e. The lowest BCUT2D eigenvalue weighted by Crippen LogP contribution is -2.21. The summed E-state index contributed by atoms with van der Waals surface area (Å²) in [5.41, 5.74) is 0.446. The summed E-state index contributed by atoms with van der Waals surface area (Å²) in [6.07, 6.45) is -0.477. The SMILES string of the molecule is CC(C)Oc1ccc(C(=O)Nc2nnc(C3COc4ccccc4O3)o2)cc1. The number of nitrogens with zero attached hydrogens (tertiary/aromatic N) is 2. The summed E-state index contributed by atoms with van der Waals surface area (Å²) in [6, 6.07) is 14.1. The van der Waals surface area contributed by atoms with Gasteiger partial charge in [-0.25, -0.2) is 0 Å². The van der Waals surface area contributed by atoms with Crippen LogP contribution in [0.4, 0.5) is 6.01 Å². The minimum atomic E-state index is -0.541. The molecule has 8 nitrogen and oxygen atoms in total. The zero-order valence-electron chi connectivity index (χ0n) is 15.4. The van der Waals surface area contributed by atoms with Crippen molar-refractivity contribution in [3.63, 3.8) is 0 Å². The topological polar surface area (TPSA) is 95.7 Å². The molecule has 2 aromatic carbocycles. The molecule has 8 heteroatoms. The van der Waals surface area contributed by atoms with Crippen LogP contribution < -0.4 is 19.5 Å². The molecule has 1 aromatic heterocycles. The van der Waals surface area contributed by atoms with E-state index in [1.165, 1.54) is 0 Å². The molecule has 0 radical (unpaired) electrons. The third-order valence-electron chi connectivity index (χ3n) is 3.93. The van der Waals surface area contributed by atoms with Gasteiger partial charge >= 0.3 is 6.01 Å². The van der Waals surface area contributed by atoms with Gasteiger partial charge in [0, 0.05) is 5.56 Å². The molecule has 0 aliphatic carbocycles. The van der Waals surface area contributed by atoms with E-state index in [0.29, 0.717) is 22.8 Å². The molecule has 28 heavy (non-hydrogen) atoms. The Labute approximate surface area is 161 Å². The second-order valence-corrected chi connectivity index (χ2v) is 6.45. The molecule has 4 rings (SSSR count). The molecule has 1 N–H and O–H groups in total. The van der Waals surface area contributed by atoms with Crippen molar-refractivity contribution in [1.82, 2.24) is 10.2 Å². The number of hydrogen-bond acceptors (Lipinski definition) is 7. The van der Waals surface area contributed by atoms with Crippen molar-refractivity contribution < 1.29 is 23.4 Å². The number of hydrogen-bond donors (Lipinski definition) is 1. The minimum Gasteiger partial charge on any atom is -0.491 e. The van der Waals surface area contributed by atoms with Crippen LogP contribution in [-0.2, 0) is 0 Å². The van der Waals surface area contributed by atoms with Crippen molar-refractivity contribution >= 4 is 11.9 Å². The van der Waals surface area contributed by atoms with E-state index in [4.69, 9.17) is 18.6 Å². The summed E-state index contributed by atoms with van der Waals surface area (Å²) in [5.74, 6) is 1.83. The highest BCUT2D eigenvalue weighted by Gasteiger charge is 2.27. The number of anilines is 1. The van der Waals surface area contributed by atoms with Crippen LogP contribution in [0.5, 0.6) is 17.2 Å². The van der Waals surface area contributed by atoms with Crippen molar-refractivity contribution in [2.75, 3.05) is 11.9 Å². The van der Waals surface area contributed by atoms with Crippen molar-refractivity contribution in [3.05, 3.63) is 60.0 Å². The minimum absolute atomic E-state index is 0.00929. The van der Waals surface area contributed by atoms with E-state index in [-0.39, 0.29) is 30.5 Å². The van der Waals surface area contributed by atoms with E-state index in [0.717, 1.165) is 0 Å². The first-order valence-corrected chi connectivity index (χ1v) is 8.88. The molecule has 0 fully saturated rings. The van der Waals surface area contributed by atoms with Crippen LogP contribution in [0, 0.1) is 0 Å². The molecule has 1 atom stereocenters. The molecule has 0 saturated carbocycles. The van der Waals surface area contributed by atoms with Gasteiger partial charge in [0.05, 0.1) is 6.10 Å². The van der Waals surface area contributed by atoms with Crippen LogP contribution in [0.15, 0.2) is 52.9 Å². The number of aromatic nitrogens is 2. The summed E-state index contributed by atoms with van der Waals surface area (Å²) in [5, 5.41) is 10.4. The first-order valence-electron chi connectivity index (χ1n) is 8.88. The third-order valence-corrected chi connectivity index (χ3v) is 3.93. The molecule has 144 valence electrons. The lowest BCUT2D eigenvalue weighted by atomic mass is 10.2. The number of rotatable bonds is 5. The van der Waals surface area contributed by atoms with E-state index >= 15 is 0 Å². The molecule has 0 saturated heterocycles. The molecule has 1 unspecified atom stereocenters. The average molecular weight is 381 g/mol. The van der Waals surface area contributed by atoms with E-state index in [9.17, 15) is 4.79 Å². The van der Waals surface area contributed by atoms with E-state index in [1.807, 2.05) is 32.0 Å². The Kier molecular flexibility index (Phi) is 4.84. The molecule has 2 heterocycles. The molecular formula is C20H19N3O5. The molecule has 3 aromatic rings. The Balaban J connectivity index is 1.40. The summed E-state index contributed by atoms with van der Waals surface area (Å²) < 4.78 is 22.5. The van der Waals surface area contributed by atoms with Crippen LogP contribution in [0.3, 0.4) is 0 Å². The molecule has 1 aliphatic rings. The third kappa shape index (κ3) is 3.90. The quantitative estimate of drug-likeness (QED) is 0.721. The van der Waals surface area contributed by atoms with Crippen molar-refractivity contribution in [1.29, 1.82) is 0 Å². The zero-order valence-corrected chi connectivity index (χ0v) is 15.4. The standard InChI is InChI=1S/C20H19N3O5/c1-12(2)26-14-9-7-13(8-10-14)18(24)21-20-23-22-19(28-20)17-11-25-15-5-3-4-6-16(15)27-17/h3-10,12,17H,11H2,1-2H3,(H,21,23,24). The molecule has 1 amide bonds. The Morgan fingerprint density at radius 3 is 2.61 bits per heavy atom. The molecular weight excluding hydrogens is 362 g/mol. The maximum Gasteiger partial charge on any atom is 0.322 e. The number of carbonyl (C=O) groups excluding carboxylic acids is 1. The predicted molar refractivity (Wildman–Crippen MR) is 99.8 cm³/mol. The van der Waals surface area contributed by atoms with Gasteiger partial charge in [-0.1, -0.05) is 17.2 Å². The van der Waals surface area contributed by atoms with Crippen LogP contribution in [-0.4, -0.2) is 28.8 Å². The van der Waals surface area contributed by atoms with E-state index in [2.05, 4.69) is 15.5 Å². The fraction of sp³-hybridized carbons (Fsp3) is 0.250. The van der Waals surface area contributed by atoms with Crippen LogP contribution in [0.25, 0.3) is 0 Å². The van der Waals surface area contributed by atoms with Gasteiger partial charge in [0.25, 0.3) is 11.8 Å². The maximum atomic E-state index is 12.4. The monoisotopic (exact) mass is 381 g/mol. The van der Waals surface area contributed by atoms with Gasteiger partial charge in [-0.15, -0.1) is 5.10 Å². The summed E-state index contributed by atoms with van der Waals surface area (Å²) in [6.45, 7) is 4.12. The largest absolute Gasteiger partial charge is 0.491 e. The van der Waals surface area contributed by atoms with Crippen LogP contribution >= 0.6 is 0 Å². The van der Waals surface area contributed by atoms with E-state index < -0.39 is 6.10 Å². The normalized spacial score (nSPS) is 15.3. The van der Waals surface area contributed by atoms with Gasteiger partial charge < -0.3 is 18.6 Å². The number of benzene rings is 2. The molecule has 0 bridgehead atoms. The highest BCUT2D eigenvalue weighted by atomic mass is 16.6. The number of carbonyl (C=O) groups is 1. The van der Waals surface area contributed by atoms with Crippen LogP contribution in [0.2, 0.25) is 0 Å². The van der Waals surface area contributed by atoms with Gasteiger partial charge in [0.2, 0.25) is 6.10 Å². The van der Waals surface area contributed by atoms with Crippen molar-refractivity contribution in [2.24, 2.45) is 0 Å². The predicted octanol–water partition coefficient (Wildman–Crippen LogP) is 3.62. The van der Waals surface area contributed by atoms with Gasteiger partial charge in [0.15, 0.2) is 11.5 Å². The van der Waals surface area contributed by atoms with Gasteiger partial charge in [-0.05, 0) is 50.2 Å². The van der Waals surface area contributed by atoms with Gasteiger partial charge in [0.1, 0.15) is 12.4 Å². The highest BCUT2D eigenvalue weighted by Crippen LogP contribution is 2.35. The Hall–Kier alpha value is -3.55. The van der Waals surface area contributed by atoms with E-state index in [1.54, 1.807) is 30.3 Å². The Bertz CT molecular complexity index is 968. The fourth-order valence-corrected chi connectivity index (χ4v) is 2.68. The lowest BCUT2D eigenvalue weighted by Gasteiger charge is -2.23. The summed E-state index contributed by atoms with van der Waals surface area (Å²) in [4.78, 5) is 12.4. The van der Waals surface area contributed by atoms with Gasteiger partial charge in [-0.3, -0.25) is 10.1 Å². The fourth-order valence-electron chi connectivity index (χ4n) is 2.68. The highest BCUT2D eigenvalue weighted by molar-refractivity contribution is 6.03. The first-order chi connectivity index (χ1) is 13.6. The Morgan fingerprint density at radius 1 is 1.11 bits per heavy atom. The number of para-hydroxylation sites is 2. The second kappa shape index (κ2) is 7.59. The maximum absolute atomic E-state index is 12.4.